The van der Waals surface area contributed by atoms with Crippen molar-refractivity contribution in [1.29, 1.82) is 0 Å². The van der Waals surface area contributed by atoms with Crippen molar-refractivity contribution >= 4 is 36.7 Å². The van der Waals surface area contributed by atoms with Crippen molar-refractivity contribution in [2.45, 2.75) is 60.9 Å². The molecule has 1 unspecified atom stereocenters. The van der Waals surface area contributed by atoms with Crippen LogP contribution in [0.4, 0.5) is 0 Å². The van der Waals surface area contributed by atoms with E-state index in [0.29, 0.717) is 6.04 Å². The molecular weight excluding hydrogens is 454 g/mol. The molecule has 1 fully saturated rings. The molecule has 0 radical (unpaired) electrons. The van der Waals surface area contributed by atoms with E-state index in [1.807, 2.05) is 0 Å². The van der Waals surface area contributed by atoms with Crippen molar-refractivity contribution < 1.29 is 0 Å². The van der Waals surface area contributed by atoms with Crippen molar-refractivity contribution in [1.82, 2.24) is 0 Å². The van der Waals surface area contributed by atoms with E-state index in [1.54, 1.807) is 0 Å². The van der Waals surface area contributed by atoms with Gasteiger partial charge < -0.3 is 10.6 Å². The second-order valence-corrected chi connectivity index (χ2v) is 31.5. The standard InChI is InChI=1S/C10H14N2.2C3H7.BrH.ClH.Sn/c1-3-7-11-9(5-1)10-6-2-4-8-12-10;2*1-3-2;;;/h1,3,5,10H,2,4,6-8H2;2*1,3H2,2H3;2*1H;/q-2;;;;;+2/p-2. The summed E-state index contributed by atoms with van der Waals surface area (Å²) in [7, 11) is 6.26. The normalized spacial score (nSPS) is 21.9. The molecule has 0 aromatic rings. The summed E-state index contributed by atoms with van der Waals surface area (Å²) in [6, 6.07) is 0.406. The fraction of sp³-hybridized carbons (Fsp3) is 0.750. The van der Waals surface area contributed by atoms with Crippen LogP contribution >= 0.6 is 21.6 Å². The Balaban J connectivity index is 0.000000222. The van der Waals surface area contributed by atoms with Crippen LogP contribution in [0.1, 0.15) is 46.0 Å². The molecule has 0 amide bonds. The number of nitrogens with zero attached hydrogens (tertiary/aromatic N) is 2. The third-order valence-corrected chi connectivity index (χ3v) is 18.5. The molecule has 5 heteroatoms. The number of hydrogen-bond donors (Lipinski definition) is 0. The van der Waals surface area contributed by atoms with Crippen molar-refractivity contribution in [2.75, 3.05) is 13.1 Å². The SMILES string of the molecule is C1=CC[N-]C(C2CCCC[N-]2)=C1.CC[CH2][Sn]([Cl])([Br])[CH2]CC. The van der Waals surface area contributed by atoms with E-state index < -0.39 is 15.0 Å². The second kappa shape index (κ2) is 11.4. The fourth-order valence-corrected chi connectivity index (χ4v) is 15.3. The van der Waals surface area contributed by atoms with Crippen molar-refractivity contribution in [3.8, 4) is 0 Å². The molecular formula is C16H28BrClN2Sn-2. The molecule has 1 atom stereocenters. The van der Waals surface area contributed by atoms with Gasteiger partial charge in [0.15, 0.2) is 0 Å². The van der Waals surface area contributed by atoms with E-state index in [1.165, 1.54) is 46.7 Å². The number of piperidine rings is 1. The Labute approximate surface area is 144 Å². The number of hydrogen-bond acceptors (Lipinski definition) is 0. The van der Waals surface area contributed by atoms with Gasteiger partial charge in [-0.25, -0.2) is 0 Å². The van der Waals surface area contributed by atoms with Crippen molar-refractivity contribution in [3.63, 3.8) is 0 Å². The van der Waals surface area contributed by atoms with Gasteiger partial charge in [-0.15, -0.1) is 25.2 Å². The number of halogens is 2. The molecule has 0 aromatic heterocycles. The first-order chi connectivity index (χ1) is 10.1. The predicted molar refractivity (Wildman–Crippen MR) is 102 cm³/mol. The number of rotatable bonds is 5. The second-order valence-electron chi connectivity index (χ2n) is 5.63. The Bertz CT molecular complexity index is 331. The van der Waals surface area contributed by atoms with Crippen molar-refractivity contribution in [2.24, 2.45) is 0 Å². The van der Waals surface area contributed by atoms with E-state index in [4.69, 9.17) is 8.92 Å². The average molecular weight is 482 g/mol. The number of allylic oxidation sites excluding steroid dienone is 2. The van der Waals surface area contributed by atoms with Gasteiger partial charge in [-0.3, -0.25) is 0 Å². The van der Waals surface area contributed by atoms with Gasteiger partial charge in [0.1, 0.15) is 0 Å². The first-order valence-electron chi connectivity index (χ1n) is 8.17. The summed E-state index contributed by atoms with van der Waals surface area (Å²) in [5.41, 5.74) is 1.19. The van der Waals surface area contributed by atoms with Crippen LogP contribution in [0.15, 0.2) is 23.9 Å². The van der Waals surface area contributed by atoms with Gasteiger partial charge in [0.05, 0.1) is 0 Å². The zero-order valence-electron chi connectivity index (χ0n) is 13.3. The minimum atomic E-state index is -2.09. The summed E-state index contributed by atoms with van der Waals surface area (Å²) in [5.74, 6) is 0. The molecule has 21 heavy (non-hydrogen) atoms. The van der Waals surface area contributed by atoms with Crippen LogP contribution in [0.2, 0.25) is 8.87 Å². The predicted octanol–water partition coefficient (Wildman–Crippen LogP) is 6.62. The topological polar surface area (TPSA) is 28.2 Å². The quantitative estimate of drug-likeness (QED) is 0.394. The molecule has 1 saturated heterocycles. The molecule has 2 rings (SSSR count). The van der Waals surface area contributed by atoms with Gasteiger partial charge in [-0.1, -0.05) is 31.4 Å². The van der Waals surface area contributed by atoms with Gasteiger partial charge in [-0.2, -0.15) is 5.70 Å². The molecule has 0 bridgehead atoms. The molecule has 2 heterocycles. The van der Waals surface area contributed by atoms with Crippen LogP contribution in [0.3, 0.4) is 0 Å². The molecule has 2 aliphatic heterocycles. The third-order valence-electron chi connectivity index (χ3n) is 3.59. The molecule has 2 aliphatic rings. The van der Waals surface area contributed by atoms with E-state index in [0.717, 1.165) is 13.1 Å². The summed E-state index contributed by atoms with van der Waals surface area (Å²) < 4.78 is 2.54. The zero-order chi connectivity index (χ0) is 15.6. The summed E-state index contributed by atoms with van der Waals surface area (Å²) in [6.45, 7) is 6.27. The maximum atomic E-state index is 6.26. The van der Waals surface area contributed by atoms with Crippen molar-refractivity contribution in [3.05, 3.63) is 34.6 Å². The molecule has 2 nitrogen and oxygen atoms in total. The monoisotopic (exact) mass is 482 g/mol. The first-order valence-corrected chi connectivity index (χ1v) is 22.2. The molecule has 0 spiro atoms. The molecule has 0 aliphatic carbocycles. The van der Waals surface area contributed by atoms with E-state index in [-0.39, 0.29) is 0 Å². The maximum absolute atomic E-state index is 6.26. The van der Waals surface area contributed by atoms with Crippen LogP contribution in [0.25, 0.3) is 10.6 Å². The average Bonchev–Trinajstić information content (AvgIpc) is 2.49. The Kier molecular flexibility index (Phi) is 10.7. The summed E-state index contributed by atoms with van der Waals surface area (Å²) in [5, 5.41) is 8.99. The van der Waals surface area contributed by atoms with Gasteiger partial charge in [0.2, 0.25) is 0 Å². The van der Waals surface area contributed by atoms with Gasteiger partial charge in [0.25, 0.3) is 0 Å². The molecule has 0 aromatic carbocycles. The van der Waals surface area contributed by atoms with Gasteiger partial charge in [-0.05, 0) is 0 Å². The Morgan fingerprint density at radius 3 is 2.48 bits per heavy atom. The van der Waals surface area contributed by atoms with E-state index in [2.05, 4.69) is 55.4 Å². The zero-order valence-corrected chi connectivity index (χ0v) is 18.5. The summed E-state index contributed by atoms with van der Waals surface area (Å²) in [4.78, 5) is 0. The Hall–Kier alpha value is 0.809. The summed E-state index contributed by atoms with van der Waals surface area (Å²) >= 11 is 1.59. The Morgan fingerprint density at radius 1 is 1.29 bits per heavy atom. The summed E-state index contributed by atoms with van der Waals surface area (Å²) in [6.07, 6.45) is 12.5. The third kappa shape index (κ3) is 8.87. The molecule has 122 valence electrons. The van der Waals surface area contributed by atoms with Crippen LogP contribution in [-0.4, -0.2) is 34.2 Å². The Morgan fingerprint density at radius 2 is 2.00 bits per heavy atom. The van der Waals surface area contributed by atoms with Crippen LogP contribution in [-0.2, 0) is 0 Å². The van der Waals surface area contributed by atoms with Gasteiger partial charge >= 0.3 is 72.2 Å². The van der Waals surface area contributed by atoms with Gasteiger partial charge in [0, 0.05) is 0 Å². The minimum absolute atomic E-state index is 0.406. The van der Waals surface area contributed by atoms with E-state index in [9.17, 15) is 0 Å². The van der Waals surface area contributed by atoms with Crippen LogP contribution < -0.4 is 0 Å². The van der Waals surface area contributed by atoms with E-state index >= 15 is 0 Å². The van der Waals surface area contributed by atoms with Crippen LogP contribution in [0, 0.1) is 0 Å². The van der Waals surface area contributed by atoms with Crippen LogP contribution in [0.5, 0.6) is 0 Å². The molecule has 0 N–H and O–H groups in total. The molecule has 0 saturated carbocycles. The first kappa shape index (κ1) is 19.9. The fourth-order valence-electron chi connectivity index (χ4n) is 2.54.